The summed E-state index contributed by atoms with van der Waals surface area (Å²) in [5, 5.41) is 3.00. The molecule has 29 heavy (non-hydrogen) atoms. The highest BCUT2D eigenvalue weighted by Gasteiger charge is 2.09. The first-order chi connectivity index (χ1) is 14.2. The number of nitrogens with one attached hydrogen (secondary N) is 1. The molecule has 1 aromatic heterocycles. The van der Waals surface area contributed by atoms with E-state index in [-0.39, 0.29) is 5.91 Å². The predicted octanol–water partition coefficient (Wildman–Crippen LogP) is 4.66. The molecule has 1 amide bonds. The van der Waals surface area contributed by atoms with Gasteiger partial charge in [0.25, 0.3) is 0 Å². The van der Waals surface area contributed by atoms with Crippen molar-refractivity contribution in [3.8, 4) is 5.75 Å². The number of rotatable bonds is 7. The zero-order chi connectivity index (χ0) is 20.1. The van der Waals surface area contributed by atoms with Crippen LogP contribution in [0.4, 0.5) is 5.69 Å². The number of ether oxygens (including phenoxy) is 1. The molecule has 0 bridgehead atoms. The van der Waals surface area contributed by atoms with Crippen LogP contribution in [0.25, 0.3) is 11.0 Å². The summed E-state index contributed by atoms with van der Waals surface area (Å²) in [7, 11) is 1.66. The van der Waals surface area contributed by atoms with Gasteiger partial charge in [-0.2, -0.15) is 0 Å². The number of amides is 1. The summed E-state index contributed by atoms with van der Waals surface area (Å²) in [6.07, 6.45) is 2.90. The average molecular weight is 385 g/mol. The minimum atomic E-state index is -0.0291. The first kappa shape index (κ1) is 18.7. The Morgan fingerprint density at radius 2 is 1.83 bits per heavy atom. The third kappa shape index (κ3) is 4.46. The first-order valence-corrected chi connectivity index (χ1v) is 9.63. The van der Waals surface area contributed by atoms with Gasteiger partial charge in [0.1, 0.15) is 5.75 Å². The van der Waals surface area contributed by atoms with Crippen molar-refractivity contribution in [3.63, 3.8) is 0 Å². The van der Waals surface area contributed by atoms with E-state index >= 15 is 0 Å². The summed E-state index contributed by atoms with van der Waals surface area (Å²) < 4.78 is 7.50. The normalized spacial score (nSPS) is 10.8. The summed E-state index contributed by atoms with van der Waals surface area (Å²) in [4.78, 5) is 16.9. The summed E-state index contributed by atoms with van der Waals surface area (Å²) in [5.41, 5.74) is 4.99. The lowest BCUT2D eigenvalue weighted by molar-refractivity contribution is -0.116. The second-order valence-electron chi connectivity index (χ2n) is 6.91. The van der Waals surface area contributed by atoms with Crippen LogP contribution in [-0.2, 0) is 17.8 Å². The van der Waals surface area contributed by atoms with E-state index in [0.29, 0.717) is 13.0 Å². The lowest BCUT2D eigenvalue weighted by atomic mass is 10.0. The molecule has 1 N–H and O–H groups in total. The van der Waals surface area contributed by atoms with Crippen LogP contribution in [-0.4, -0.2) is 22.6 Å². The molecule has 0 aliphatic carbocycles. The molecule has 4 aromatic rings. The quantitative estimate of drug-likeness (QED) is 0.503. The molecule has 0 saturated carbocycles. The Morgan fingerprint density at radius 3 is 2.66 bits per heavy atom. The van der Waals surface area contributed by atoms with Crippen LogP contribution in [0.5, 0.6) is 5.75 Å². The van der Waals surface area contributed by atoms with Crippen molar-refractivity contribution in [2.75, 3.05) is 12.4 Å². The topological polar surface area (TPSA) is 56.1 Å². The van der Waals surface area contributed by atoms with Crippen LogP contribution in [0.3, 0.4) is 0 Å². The number of hydrogen-bond acceptors (Lipinski definition) is 3. The Balaban J connectivity index is 1.43. The highest BCUT2D eigenvalue weighted by atomic mass is 16.5. The maximum absolute atomic E-state index is 12.5. The molecule has 0 unspecified atom stereocenters. The van der Waals surface area contributed by atoms with Gasteiger partial charge in [-0.1, -0.05) is 42.5 Å². The first-order valence-electron chi connectivity index (χ1n) is 9.63. The number of nitrogens with zero attached hydrogens (tertiary/aromatic N) is 2. The number of benzene rings is 3. The molecule has 5 heteroatoms. The number of para-hydroxylation sites is 2. The van der Waals surface area contributed by atoms with E-state index in [9.17, 15) is 4.79 Å². The zero-order valence-electron chi connectivity index (χ0n) is 16.3. The van der Waals surface area contributed by atoms with Crippen molar-refractivity contribution in [2.24, 2.45) is 0 Å². The summed E-state index contributed by atoms with van der Waals surface area (Å²) in [5.74, 6) is 0.787. The number of hydrogen-bond donors (Lipinski definition) is 1. The zero-order valence-corrected chi connectivity index (χ0v) is 16.3. The Hall–Kier alpha value is -3.60. The van der Waals surface area contributed by atoms with Crippen LogP contribution in [0, 0.1) is 0 Å². The Bertz CT molecular complexity index is 1120. The van der Waals surface area contributed by atoms with Gasteiger partial charge in [-0.05, 0) is 35.9 Å². The maximum Gasteiger partial charge on any atom is 0.226 e. The van der Waals surface area contributed by atoms with E-state index < -0.39 is 0 Å². The molecule has 0 radical (unpaired) electrons. The van der Waals surface area contributed by atoms with Gasteiger partial charge in [0, 0.05) is 30.6 Å². The Kier molecular flexibility index (Phi) is 5.56. The van der Waals surface area contributed by atoms with Crippen molar-refractivity contribution in [1.29, 1.82) is 0 Å². The smallest absolute Gasteiger partial charge is 0.226 e. The van der Waals surface area contributed by atoms with Crippen molar-refractivity contribution >= 4 is 22.6 Å². The number of carbonyl (C=O) groups excluding carboxylic acids is 1. The van der Waals surface area contributed by atoms with Gasteiger partial charge >= 0.3 is 0 Å². The van der Waals surface area contributed by atoms with Gasteiger partial charge in [-0.25, -0.2) is 4.98 Å². The van der Waals surface area contributed by atoms with Gasteiger partial charge in [-0.15, -0.1) is 0 Å². The minimum Gasteiger partial charge on any atom is -0.496 e. The molecule has 0 aliphatic rings. The van der Waals surface area contributed by atoms with Crippen LogP contribution < -0.4 is 10.1 Å². The SMILES string of the molecule is COc1ccc(NC(=O)CCn2cnc3ccccc32)cc1Cc1ccccc1. The molecule has 5 nitrogen and oxygen atoms in total. The van der Waals surface area contributed by atoms with E-state index in [2.05, 4.69) is 22.4 Å². The predicted molar refractivity (Wildman–Crippen MR) is 115 cm³/mol. The van der Waals surface area contributed by atoms with Gasteiger partial charge in [0.05, 0.1) is 24.5 Å². The van der Waals surface area contributed by atoms with E-state index in [0.717, 1.165) is 34.5 Å². The fourth-order valence-electron chi connectivity index (χ4n) is 3.44. The third-order valence-corrected chi connectivity index (χ3v) is 4.91. The fourth-order valence-corrected chi connectivity index (χ4v) is 3.44. The van der Waals surface area contributed by atoms with E-state index in [1.54, 1.807) is 13.4 Å². The molecule has 0 saturated heterocycles. The van der Waals surface area contributed by atoms with Crippen LogP contribution in [0.15, 0.2) is 79.1 Å². The summed E-state index contributed by atoms with van der Waals surface area (Å²) in [6, 6.07) is 23.9. The van der Waals surface area contributed by atoms with Gasteiger partial charge < -0.3 is 14.6 Å². The summed E-state index contributed by atoms with van der Waals surface area (Å²) in [6.45, 7) is 0.583. The summed E-state index contributed by atoms with van der Waals surface area (Å²) >= 11 is 0. The number of aromatic nitrogens is 2. The molecule has 1 heterocycles. The lowest BCUT2D eigenvalue weighted by Crippen LogP contribution is -2.14. The number of anilines is 1. The van der Waals surface area contributed by atoms with Crippen LogP contribution >= 0.6 is 0 Å². The number of imidazole rings is 1. The molecule has 146 valence electrons. The lowest BCUT2D eigenvalue weighted by Gasteiger charge is -2.12. The molecule has 4 rings (SSSR count). The Labute approximate surface area is 170 Å². The maximum atomic E-state index is 12.5. The van der Waals surface area contributed by atoms with Gasteiger partial charge in [0.15, 0.2) is 0 Å². The van der Waals surface area contributed by atoms with E-state index in [4.69, 9.17) is 4.74 Å². The third-order valence-electron chi connectivity index (χ3n) is 4.91. The monoisotopic (exact) mass is 385 g/mol. The minimum absolute atomic E-state index is 0.0291. The molecule has 0 atom stereocenters. The van der Waals surface area contributed by atoms with E-state index in [1.807, 2.05) is 65.2 Å². The molecule has 0 fully saturated rings. The fraction of sp³-hybridized carbons (Fsp3) is 0.167. The largest absolute Gasteiger partial charge is 0.496 e. The highest BCUT2D eigenvalue weighted by molar-refractivity contribution is 5.91. The number of fused-ring (bicyclic) bond motifs is 1. The number of carbonyl (C=O) groups is 1. The van der Waals surface area contributed by atoms with Gasteiger partial charge in [0.2, 0.25) is 5.91 Å². The average Bonchev–Trinajstić information content (AvgIpc) is 3.16. The van der Waals surface area contributed by atoms with Crippen LogP contribution in [0.1, 0.15) is 17.5 Å². The molecule has 0 aliphatic heterocycles. The highest BCUT2D eigenvalue weighted by Crippen LogP contribution is 2.25. The standard InChI is InChI=1S/C24H23N3O2/c1-29-23-12-11-20(16-19(23)15-18-7-3-2-4-8-18)26-24(28)13-14-27-17-25-21-9-5-6-10-22(21)27/h2-12,16-17H,13-15H2,1H3,(H,26,28). The van der Waals surface area contributed by atoms with E-state index in [1.165, 1.54) is 5.56 Å². The van der Waals surface area contributed by atoms with Gasteiger partial charge in [-0.3, -0.25) is 4.79 Å². The second-order valence-corrected chi connectivity index (χ2v) is 6.91. The molecular formula is C24H23N3O2. The molecule has 0 spiro atoms. The Morgan fingerprint density at radius 1 is 1.03 bits per heavy atom. The van der Waals surface area contributed by atoms with Crippen molar-refractivity contribution in [3.05, 3.63) is 90.3 Å². The van der Waals surface area contributed by atoms with Crippen molar-refractivity contribution in [1.82, 2.24) is 9.55 Å². The number of methoxy groups -OCH3 is 1. The van der Waals surface area contributed by atoms with Crippen molar-refractivity contribution in [2.45, 2.75) is 19.4 Å². The molecular weight excluding hydrogens is 362 g/mol. The number of aryl methyl sites for hydroxylation is 1. The molecule has 3 aromatic carbocycles. The van der Waals surface area contributed by atoms with Crippen molar-refractivity contribution < 1.29 is 9.53 Å². The second kappa shape index (κ2) is 8.61. The van der Waals surface area contributed by atoms with Crippen LogP contribution in [0.2, 0.25) is 0 Å².